The number of hydrogen-bond acceptors (Lipinski definition) is 10. The predicted octanol–water partition coefficient (Wildman–Crippen LogP) is 10.1. The second-order valence-corrected chi connectivity index (χ2v) is 19.2. The number of rotatable bonds is 14. The van der Waals surface area contributed by atoms with Gasteiger partial charge in [0.25, 0.3) is 20.2 Å². The Balaban J connectivity index is 0.000000415. The molecular weight excluding hydrogens is 813 g/mol. The molecule has 12 nitrogen and oxygen atoms in total. The van der Waals surface area contributed by atoms with Crippen LogP contribution in [0, 0.1) is 0 Å². The van der Waals surface area contributed by atoms with E-state index in [2.05, 4.69) is 64.8 Å². The lowest BCUT2D eigenvalue weighted by atomic mass is 9.99. The molecule has 5 atom stereocenters. The standard InChI is InChI=1S/C20H26O2S.2C10H14O3S.CH4O4S/c1-5-15(3)17-7-11-19(12-8-17)23(21,22)20-13-9-18(10-14-20)16(4)6-2;2*1-3-8(2)9-4-6-10(7-5-9)14(11,12)13;1-6(3)5-4-2/h7-16H,5-6H2,1-4H3;2*4-8H,3H2,1-2H3,(H,11,12,13);2H,1H3. The van der Waals surface area contributed by atoms with Gasteiger partial charge in [-0.1, -0.05) is 109 Å². The molecular formula is C41H58O12S4. The summed E-state index contributed by atoms with van der Waals surface area (Å²) in [6.45, 7) is 16.9. The molecule has 4 rings (SSSR count). The van der Waals surface area contributed by atoms with E-state index in [9.17, 15) is 29.5 Å². The number of sulfone groups is 1. The van der Waals surface area contributed by atoms with Crippen molar-refractivity contribution in [2.24, 2.45) is 0 Å². The van der Waals surface area contributed by atoms with Crippen molar-refractivity contribution < 1.29 is 53.2 Å². The van der Waals surface area contributed by atoms with Crippen molar-refractivity contribution >= 4 is 41.2 Å². The molecule has 0 heterocycles. The van der Waals surface area contributed by atoms with Crippen LogP contribution < -0.4 is 0 Å². The third-order valence-electron chi connectivity index (χ3n) is 9.59. The van der Waals surface area contributed by atoms with Crippen molar-refractivity contribution in [3.8, 4) is 0 Å². The van der Waals surface area contributed by atoms with Crippen molar-refractivity contribution in [2.45, 2.75) is 124 Å². The second-order valence-electron chi connectivity index (χ2n) is 13.5. The van der Waals surface area contributed by atoms with Crippen LogP contribution in [0.3, 0.4) is 0 Å². The zero-order chi connectivity index (χ0) is 43.6. The van der Waals surface area contributed by atoms with Gasteiger partial charge >= 0.3 is 0 Å². The highest BCUT2D eigenvalue weighted by Crippen LogP contribution is 2.27. The first-order valence-corrected chi connectivity index (χ1v) is 24.3. The van der Waals surface area contributed by atoms with Crippen LogP contribution in [0.25, 0.3) is 0 Å². The van der Waals surface area contributed by atoms with Gasteiger partial charge in [-0.25, -0.2) is 17.9 Å². The Hall–Kier alpha value is -3.32. The van der Waals surface area contributed by atoms with E-state index in [4.69, 9.17) is 14.4 Å². The zero-order valence-electron chi connectivity index (χ0n) is 34.0. The molecule has 0 spiro atoms. The monoisotopic (exact) mass is 870 g/mol. The Morgan fingerprint density at radius 3 is 0.825 bits per heavy atom. The lowest BCUT2D eigenvalue weighted by Gasteiger charge is -2.12. The predicted molar refractivity (Wildman–Crippen MR) is 225 cm³/mol. The topological polar surface area (TPSA) is 199 Å². The van der Waals surface area contributed by atoms with Gasteiger partial charge in [-0.15, -0.1) is 4.33 Å². The van der Waals surface area contributed by atoms with Gasteiger partial charge in [-0.05, 0) is 120 Å². The first kappa shape index (κ1) is 51.7. The summed E-state index contributed by atoms with van der Waals surface area (Å²) in [5.41, 5.74) is 4.52. The molecule has 4 aromatic carbocycles. The maximum Gasteiger partial charge on any atom is 0.294 e. The molecule has 0 saturated heterocycles. The van der Waals surface area contributed by atoms with Gasteiger partial charge in [0.05, 0.1) is 19.6 Å². The Labute approximate surface area is 342 Å². The van der Waals surface area contributed by atoms with E-state index in [1.165, 1.54) is 41.6 Å². The van der Waals surface area contributed by atoms with Gasteiger partial charge in [0.2, 0.25) is 9.84 Å². The summed E-state index contributed by atoms with van der Waals surface area (Å²) in [6.07, 6.45) is 5.32. The minimum absolute atomic E-state index is 0.0513. The van der Waals surface area contributed by atoms with E-state index in [1.807, 2.05) is 24.3 Å². The average Bonchev–Trinajstić information content (AvgIpc) is 3.19. The van der Waals surface area contributed by atoms with Crippen LogP contribution in [0.1, 0.15) is 127 Å². The molecule has 4 aromatic rings. The van der Waals surface area contributed by atoms with Crippen LogP contribution in [-0.4, -0.2) is 50.1 Å². The van der Waals surface area contributed by atoms with E-state index >= 15 is 0 Å². The molecule has 0 radical (unpaired) electrons. The van der Waals surface area contributed by atoms with E-state index in [0.717, 1.165) is 36.8 Å². The molecule has 5 unspecified atom stereocenters. The molecule has 57 heavy (non-hydrogen) atoms. The van der Waals surface area contributed by atoms with Crippen LogP contribution in [-0.2, 0) is 50.5 Å². The summed E-state index contributed by atoms with van der Waals surface area (Å²) >= 11 is -1.54. The molecule has 0 aromatic heterocycles. The fourth-order valence-electron chi connectivity index (χ4n) is 5.01. The minimum Gasteiger partial charge on any atom is -0.282 e. The van der Waals surface area contributed by atoms with Crippen LogP contribution >= 0.6 is 0 Å². The third-order valence-corrected chi connectivity index (χ3v) is 13.4. The molecule has 3 N–H and O–H groups in total. The molecule has 0 bridgehead atoms. The van der Waals surface area contributed by atoms with Crippen molar-refractivity contribution in [1.29, 1.82) is 0 Å². The second kappa shape index (κ2) is 24.6. The molecule has 0 aliphatic heterocycles. The summed E-state index contributed by atoms with van der Waals surface area (Å²) < 4.78 is 99.1. The fourth-order valence-corrected chi connectivity index (χ4v) is 7.32. The molecule has 318 valence electrons. The summed E-state index contributed by atoms with van der Waals surface area (Å²) in [7, 11) is -11.5. The van der Waals surface area contributed by atoms with Gasteiger partial charge in [-0.3, -0.25) is 9.11 Å². The van der Waals surface area contributed by atoms with E-state index in [1.54, 1.807) is 48.5 Å². The van der Waals surface area contributed by atoms with Crippen molar-refractivity contribution in [1.82, 2.24) is 0 Å². The highest BCUT2D eigenvalue weighted by atomic mass is 32.2. The first-order valence-electron chi connectivity index (χ1n) is 18.5. The highest BCUT2D eigenvalue weighted by Gasteiger charge is 2.18. The smallest absolute Gasteiger partial charge is 0.282 e. The van der Waals surface area contributed by atoms with Crippen molar-refractivity contribution in [3.05, 3.63) is 119 Å². The van der Waals surface area contributed by atoms with Gasteiger partial charge < -0.3 is 0 Å². The number of benzene rings is 4. The largest absolute Gasteiger partial charge is 0.294 e. The Morgan fingerprint density at radius 2 is 0.684 bits per heavy atom. The highest BCUT2D eigenvalue weighted by molar-refractivity contribution is 7.91. The van der Waals surface area contributed by atoms with Crippen LogP contribution in [0.2, 0.25) is 0 Å². The van der Waals surface area contributed by atoms with Crippen LogP contribution in [0.4, 0.5) is 0 Å². The normalized spacial score (nSPS) is 14.2. The fraction of sp³-hybridized carbons (Fsp3) is 0.415. The maximum absolute atomic E-state index is 12.7. The molecule has 0 amide bonds. The summed E-state index contributed by atoms with van der Waals surface area (Å²) in [5.74, 6) is 1.71. The number of hydrogen-bond donors (Lipinski definition) is 3. The van der Waals surface area contributed by atoms with E-state index in [0.29, 0.717) is 33.5 Å². The minimum atomic E-state index is -4.05. The maximum atomic E-state index is 12.7. The lowest BCUT2D eigenvalue weighted by Crippen LogP contribution is -2.03. The van der Waals surface area contributed by atoms with E-state index < -0.39 is 41.2 Å². The summed E-state index contributed by atoms with van der Waals surface area (Å²) in [4.78, 5) is 0.621. The summed E-state index contributed by atoms with van der Waals surface area (Å²) in [6, 6.07) is 27.2. The van der Waals surface area contributed by atoms with E-state index in [-0.39, 0.29) is 9.79 Å². The molecule has 0 saturated carbocycles. The quantitative estimate of drug-likeness (QED) is 0.0616. The summed E-state index contributed by atoms with van der Waals surface area (Å²) in [5, 5.41) is 10.3. The average molecular weight is 871 g/mol. The van der Waals surface area contributed by atoms with Gasteiger partial charge in [0, 0.05) is 6.26 Å². The van der Waals surface area contributed by atoms with Gasteiger partial charge in [0.1, 0.15) is 0 Å². The Morgan fingerprint density at radius 1 is 0.474 bits per heavy atom. The SMILES string of the molecule is CCC(C)c1ccc(S(=O)(=O)O)cc1.CCC(C)c1ccc(S(=O)(=O)O)cc1.CCC(C)c1ccc(S(=O)(=O)c2ccc(C(C)CC)cc2)cc1.CS(=O)OOO. The van der Waals surface area contributed by atoms with Crippen LogP contribution in [0.15, 0.2) is 117 Å². The van der Waals surface area contributed by atoms with Gasteiger partial charge in [0.15, 0.2) is 11.1 Å². The van der Waals surface area contributed by atoms with Crippen LogP contribution in [0.5, 0.6) is 0 Å². The molecule has 0 aliphatic rings. The molecule has 0 fully saturated rings. The molecule has 16 heteroatoms. The lowest BCUT2D eigenvalue weighted by molar-refractivity contribution is -0.434. The Kier molecular flexibility index (Phi) is 22.3. The molecule has 0 aliphatic carbocycles. The van der Waals surface area contributed by atoms with Gasteiger partial charge in [-0.2, -0.15) is 16.8 Å². The zero-order valence-corrected chi connectivity index (χ0v) is 37.3. The van der Waals surface area contributed by atoms with Crippen molar-refractivity contribution in [2.75, 3.05) is 6.26 Å². The Bertz CT molecular complexity index is 1980. The van der Waals surface area contributed by atoms with Crippen molar-refractivity contribution in [3.63, 3.8) is 0 Å². The first-order chi connectivity index (χ1) is 26.6. The third kappa shape index (κ3) is 17.6.